The number of nitrogens with zero attached hydrogens (tertiary/aromatic N) is 2. The van der Waals surface area contributed by atoms with Crippen LogP contribution in [0.3, 0.4) is 0 Å². The molecule has 10 heteroatoms. The number of halogens is 1. The van der Waals surface area contributed by atoms with E-state index in [0.29, 0.717) is 10.8 Å². The zero-order chi connectivity index (χ0) is 23.2. The topological polar surface area (TPSA) is 96.0 Å². The summed E-state index contributed by atoms with van der Waals surface area (Å²) in [6.45, 7) is 1.29. The molecule has 31 heavy (non-hydrogen) atoms. The molecule has 8 nitrogen and oxygen atoms in total. The molecule has 0 radical (unpaired) electrons. The molecular weight excluding hydrogens is 442 g/mol. The van der Waals surface area contributed by atoms with Gasteiger partial charge >= 0.3 is 0 Å². The van der Waals surface area contributed by atoms with Crippen molar-refractivity contribution in [1.29, 1.82) is 0 Å². The molecule has 168 valence electrons. The molecule has 0 spiro atoms. The van der Waals surface area contributed by atoms with Gasteiger partial charge in [-0.05, 0) is 48.9 Å². The Morgan fingerprint density at radius 3 is 2.19 bits per heavy atom. The summed E-state index contributed by atoms with van der Waals surface area (Å²) in [6.07, 6.45) is 0. The number of ether oxygens (including phenoxy) is 1. The average molecular weight is 468 g/mol. The summed E-state index contributed by atoms with van der Waals surface area (Å²) < 4.78 is 31.7. The van der Waals surface area contributed by atoms with Crippen LogP contribution in [0.15, 0.2) is 53.4 Å². The van der Waals surface area contributed by atoms with Crippen LogP contribution in [0.5, 0.6) is 5.75 Å². The fraction of sp³-hybridized carbons (Fsp3) is 0.333. The molecule has 0 bridgehead atoms. The molecule has 0 fully saturated rings. The van der Waals surface area contributed by atoms with Crippen molar-refractivity contribution in [2.75, 3.05) is 27.7 Å². The molecule has 0 aliphatic carbocycles. The fourth-order valence-electron chi connectivity index (χ4n) is 2.87. The van der Waals surface area contributed by atoms with Crippen molar-refractivity contribution in [2.24, 2.45) is 0 Å². The number of rotatable bonds is 9. The van der Waals surface area contributed by atoms with Crippen molar-refractivity contribution in [3.8, 4) is 5.75 Å². The van der Waals surface area contributed by atoms with E-state index in [4.69, 9.17) is 16.3 Å². The lowest BCUT2D eigenvalue weighted by molar-refractivity contribution is -0.140. The zero-order valence-electron chi connectivity index (χ0n) is 17.8. The maximum Gasteiger partial charge on any atom is 0.243 e. The molecule has 2 aromatic rings. The number of carbonyl (C=O) groups excluding carboxylic acids is 2. The first kappa shape index (κ1) is 24.6. The number of hydrogen-bond acceptors (Lipinski definition) is 5. The summed E-state index contributed by atoms with van der Waals surface area (Å²) >= 11 is 5.83. The second kappa shape index (κ2) is 10.6. The monoisotopic (exact) mass is 467 g/mol. The molecule has 1 N–H and O–H groups in total. The van der Waals surface area contributed by atoms with Gasteiger partial charge < -0.3 is 15.0 Å². The van der Waals surface area contributed by atoms with Gasteiger partial charge in [0.15, 0.2) is 0 Å². The average Bonchev–Trinajstić information content (AvgIpc) is 2.76. The predicted molar refractivity (Wildman–Crippen MR) is 118 cm³/mol. The van der Waals surface area contributed by atoms with Crippen molar-refractivity contribution < 1.29 is 22.7 Å². The highest BCUT2D eigenvalue weighted by Crippen LogP contribution is 2.19. The summed E-state index contributed by atoms with van der Waals surface area (Å²) in [5, 5.41) is 2.93. The van der Waals surface area contributed by atoms with Crippen LogP contribution in [-0.4, -0.2) is 63.2 Å². The van der Waals surface area contributed by atoms with Gasteiger partial charge in [-0.2, -0.15) is 4.31 Å². The number of amides is 2. The largest absolute Gasteiger partial charge is 0.497 e. The molecule has 0 saturated carbocycles. The van der Waals surface area contributed by atoms with Gasteiger partial charge in [0.2, 0.25) is 21.8 Å². The molecule has 0 aliphatic heterocycles. The van der Waals surface area contributed by atoms with E-state index in [1.54, 1.807) is 38.3 Å². The molecular formula is C21H26ClN3O5S. The summed E-state index contributed by atoms with van der Waals surface area (Å²) in [6, 6.07) is 11.9. The highest BCUT2D eigenvalue weighted by molar-refractivity contribution is 7.89. The quantitative estimate of drug-likeness (QED) is 0.609. The number of sulfonamides is 1. The van der Waals surface area contributed by atoms with E-state index >= 15 is 0 Å². The Bertz CT molecular complexity index is 1010. The number of benzene rings is 2. The van der Waals surface area contributed by atoms with Crippen molar-refractivity contribution in [2.45, 2.75) is 24.4 Å². The maximum absolute atomic E-state index is 13.1. The Balaban J connectivity index is 2.24. The molecule has 2 rings (SSSR count). The van der Waals surface area contributed by atoms with Gasteiger partial charge in [0.1, 0.15) is 11.8 Å². The third kappa shape index (κ3) is 6.19. The van der Waals surface area contributed by atoms with Gasteiger partial charge in [-0.15, -0.1) is 0 Å². The van der Waals surface area contributed by atoms with Crippen LogP contribution < -0.4 is 10.1 Å². The fourth-order valence-corrected chi connectivity index (χ4v) is 4.12. The van der Waals surface area contributed by atoms with E-state index in [-0.39, 0.29) is 17.3 Å². The van der Waals surface area contributed by atoms with Crippen molar-refractivity contribution in [3.05, 3.63) is 59.1 Å². The second-order valence-corrected chi connectivity index (χ2v) is 9.36. The number of hydrogen-bond donors (Lipinski definition) is 1. The van der Waals surface area contributed by atoms with E-state index < -0.39 is 28.5 Å². The van der Waals surface area contributed by atoms with Crippen molar-refractivity contribution in [1.82, 2.24) is 14.5 Å². The molecule has 0 saturated heterocycles. The second-order valence-electron chi connectivity index (χ2n) is 6.87. The number of carbonyl (C=O) groups is 2. The Kier molecular flexibility index (Phi) is 8.43. The van der Waals surface area contributed by atoms with E-state index in [9.17, 15) is 18.0 Å². The summed E-state index contributed by atoms with van der Waals surface area (Å²) in [4.78, 5) is 26.6. The molecule has 0 heterocycles. The molecule has 0 unspecified atom stereocenters. The van der Waals surface area contributed by atoms with Crippen LogP contribution in [0.25, 0.3) is 0 Å². The number of likely N-dealkylation sites (N-methyl/N-ethyl adjacent to an activating group) is 2. The van der Waals surface area contributed by atoms with Gasteiger partial charge in [-0.1, -0.05) is 23.7 Å². The first-order valence-corrected chi connectivity index (χ1v) is 11.3. The minimum absolute atomic E-state index is 0.0215. The predicted octanol–water partition coefficient (Wildman–Crippen LogP) is 2.13. The lowest BCUT2D eigenvalue weighted by Crippen LogP contribution is -2.50. The summed E-state index contributed by atoms with van der Waals surface area (Å²) in [5.41, 5.74) is 0.771. The van der Waals surface area contributed by atoms with Crippen LogP contribution in [-0.2, 0) is 26.2 Å². The third-order valence-corrected chi connectivity index (χ3v) is 6.88. The first-order chi connectivity index (χ1) is 14.6. The van der Waals surface area contributed by atoms with Gasteiger partial charge in [0.25, 0.3) is 0 Å². The van der Waals surface area contributed by atoms with E-state index in [1.165, 1.54) is 43.3 Å². The first-order valence-electron chi connectivity index (χ1n) is 9.46. The van der Waals surface area contributed by atoms with Gasteiger partial charge in [-0.3, -0.25) is 9.59 Å². The Morgan fingerprint density at radius 1 is 1.10 bits per heavy atom. The summed E-state index contributed by atoms with van der Waals surface area (Å²) in [5.74, 6) is -0.202. The van der Waals surface area contributed by atoms with Crippen LogP contribution in [0.1, 0.15) is 12.5 Å². The molecule has 0 aromatic heterocycles. The van der Waals surface area contributed by atoms with Crippen molar-refractivity contribution >= 4 is 33.4 Å². The van der Waals surface area contributed by atoms with Crippen LogP contribution in [0.2, 0.25) is 5.02 Å². The Morgan fingerprint density at radius 2 is 1.68 bits per heavy atom. The van der Waals surface area contributed by atoms with Crippen LogP contribution in [0.4, 0.5) is 0 Å². The maximum atomic E-state index is 13.1. The highest BCUT2D eigenvalue weighted by Gasteiger charge is 2.29. The molecule has 2 aromatic carbocycles. The third-order valence-electron chi connectivity index (χ3n) is 4.81. The Hall–Kier alpha value is -2.62. The van der Waals surface area contributed by atoms with Gasteiger partial charge in [-0.25, -0.2) is 8.42 Å². The molecule has 2 amide bonds. The smallest absolute Gasteiger partial charge is 0.243 e. The lowest BCUT2D eigenvalue weighted by atomic mass is 10.1. The van der Waals surface area contributed by atoms with Gasteiger partial charge in [0, 0.05) is 25.7 Å². The normalized spacial score (nSPS) is 12.3. The number of nitrogens with one attached hydrogen (secondary N) is 1. The van der Waals surface area contributed by atoms with Crippen LogP contribution in [0, 0.1) is 0 Å². The van der Waals surface area contributed by atoms with E-state index in [1.807, 2.05) is 0 Å². The Labute approximate surface area is 187 Å². The van der Waals surface area contributed by atoms with Crippen LogP contribution >= 0.6 is 11.6 Å². The zero-order valence-corrected chi connectivity index (χ0v) is 19.4. The summed E-state index contributed by atoms with van der Waals surface area (Å²) in [7, 11) is 0.439. The number of methoxy groups -OCH3 is 1. The van der Waals surface area contributed by atoms with E-state index in [2.05, 4.69) is 5.32 Å². The van der Waals surface area contributed by atoms with E-state index in [0.717, 1.165) is 9.87 Å². The molecule has 0 aliphatic rings. The van der Waals surface area contributed by atoms with Gasteiger partial charge in [0.05, 0.1) is 18.6 Å². The minimum atomic E-state index is -3.91. The lowest BCUT2D eigenvalue weighted by Gasteiger charge is -2.30. The minimum Gasteiger partial charge on any atom is -0.497 e. The standard InChI is InChI=1S/C21H26ClN3O5S/c1-15(21(27)23-2)25(13-16-5-9-18(30-4)10-6-16)20(26)14-24(3)31(28,29)19-11-7-17(22)8-12-19/h5-12,15H,13-14H2,1-4H3,(H,23,27)/t15-/m0/s1. The SMILES string of the molecule is CNC(=O)[C@H](C)N(Cc1ccc(OC)cc1)C(=O)CN(C)S(=O)(=O)c1ccc(Cl)cc1. The highest BCUT2D eigenvalue weighted by atomic mass is 35.5. The van der Waals surface area contributed by atoms with Crippen molar-refractivity contribution in [3.63, 3.8) is 0 Å². The molecule has 1 atom stereocenters.